The van der Waals surface area contributed by atoms with Gasteiger partial charge < -0.3 is 10.2 Å². The summed E-state index contributed by atoms with van der Waals surface area (Å²) in [5.74, 6) is 0.246. The van der Waals surface area contributed by atoms with Gasteiger partial charge in [0.25, 0.3) is 0 Å². The zero-order chi connectivity index (χ0) is 16.0. The summed E-state index contributed by atoms with van der Waals surface area (Å²) in [5.41, 5.74) is 2.42. The van der Waals surface area contributed by atoms with Crippen LogP contribution >= 0.6 is 12.4 Å². The first-order valence-corrected chi connectivity index (χ1v) is 8.98. The molecule has 3 aliphatic rings. The number of piperidine rings is 1. The van der Waals surface area contributed by atoms with Gasteiger partial charge >= 0.3 is 0 Å². The Labute approximate surface area is 151 Å². The Morgan fingerprint density at radius 3 is 2.62 bits per heavy atom. The third-order valence-electron chi connectivity index (χ3n) is 5.93. The summed E-state index contributed by atoms with van der Waals surface area (Å²) in [4.78, 5) is 17.2. The van der Waals surface area contributed by atoms with Crippen molar-refractivity contribution in [1.82, 2.24) is 10.2 Å². The highest BCUT2D eigenvalue weighted by Crippen LogP contribution is 2.33. The van der Waals surface area contributed by atoms with E-state index in [0.717, 1.165) is 12.1 Å². The fraction of sp³-hybridized carbons (Fsp3) is 0.632. The fourth-order valence-corrected chi connectivity index (χ4v) is 4.75. The van der Waals surface area contributed by atoms with Crippen LogP contribution < -0.4 is 10.2 Å². The molecule has 2 saturated heterocycles. The van der Waals surface area contributed by atoms with E-state index in [2.05, 4.69) is 42.4 Å². The summed E-state index contributed by atoms with van der Waals surface area (Å²) in [6.07, 6.45) is 5.96. The monoisotopic (exact) mass is 349 g/mol. The molecule has 0 aliphatic carbocycles. The molecule has 3 unspecified atom stereocenters. The molecule has 3 atom stereocenters. The Morgan fingerprint density at radius 1 is 1.25 bits per heavy atom. The van der Waals surface area contributed by atoms with Gasteiger partial charge in [-0.15, -0.1) is 12.4 Å². The van der Waals surface area contributed by atoms with Crippen molar-refractivity contribution in [3.8, 4) is 0 Å². The number of benzene rings is 1. The van der Waals surface area contributed by atoms with Gasteiger partial charge in [0.15, 0.2) is 0 Å². The van der Waals surface area contributed by atoms with Crippen molar-refractivity contribution in [2.45, 2.75) is 63.2 Å². The van der Waals surface area contributed by atoms with E-state index < -0.39 is 0 Å². The van der Waals surface area contributed by atoms with E-state index in [0.29, 0.717) is 24.7 Å². The molecule has 1 aromatic rings. The van der Waals surface area contributed by atoms with Crippen molar-refractivity contribution in [3.63, 3.8) is 0 Å². The van der Waals surface area contributed by atoms with Gasteiger partial charge in [-0.05, 0) is 57.7 Å². The zero-order valence-electron chi connectivity index (χ0n) is 14.6. The van der Waals surface area contributed by atoms with Crippen molar-refractivity contribution < 1.29 is 4.79 Å². The van der Waals surface area contributed by atoms with Gasteiger partial charge in [-0.1, -0.05) is 18.2 Å². The van der Waals surface area contributed by atoms with E-state index in [1.807, 2.05) is 11.0 Å². The molecule has 2 fully saturated rings. The number of para-hydroxylation sites is 1. The molecule has 1 N–H and O–H groups in total. The first-order chi connectivity index (χ1) is 11.1. The Morgan fingerprint density at radius 2 is 1.92 bits per heavy atom. The van der Waals surface area contributed by atoms with Crippen LogP contribution in [0, 0.1) is 0 Å². The summed E-state index contributed by atoms with van der Waals surface area (Å²) < 4.78 is 0. The lowest BCUT2D eigenvalue weighted by Gasteiger charge is -2.36. The molecule has 132 valence electrons. The Kier molecular flexibility index (Phi) is 5.19. The largest absolute Gasteiger partial charge is 0.311 e. The van der Waals surface area contributed by atoms with Gasteiger partial charge in [-0.25, -0.2) is 0 Å². The maximum Gasteiger partial charge on any atom is 0.241 e. The second-order valence-corrected chi connectivity index (χ2v) is 7.62. The number of amides is 1. The van der Waals surface area contributed by atoms with Crippen LogP contribution in [0.1, 0.15) is 38.2 Å². The van der Waals surface area contributed by atoms with Crippen LogP contribution in [0.15, 0.2) is 24.3 Å². The minimum absolute atomic E-state index is 0. The molecule has 0 aromatic heterocycles. The number of rotatable bonds is 3. The van der Waals surface area contributed by atoms with E-state index in [4.69, 9.17) is 0 Å². The van der Waals surface area contributed by atoms with E-state index >= 15 is 0 Å². The summed E-state index contributed by atoms with van der Waals surface area (Å²) in [7, 11) is 2.12. The highest BCUT2D eigenvalue weighted by molar-refractivity contribution is 5.97. The average molecular weight is 350 g/mol. The number of nitrogens with one attached hydrogen (secondary N) is 1. The smallest absolute Gasteiger partial charge is 0.241 e. The second kappa shape index (κ2) is 7.03. The third kappa shape index (κ3) is 3.19. The molecule has 1 aromatic carbocycles. The third-order valence-corrected chi connectivity index (χ3v) is 5.93. The quantitative estimate of drug-likeness (QED) is 0.911. The van der Waals surface area contributed by atoms with E-state index in [1.165, 1.54) is 31.2 Å². The maximum absolute atomic E-state index is 12.9. The van der Waals surface area contributed by atoms with Gasteiger partial charge in [0.1, 0.15) is 0 Å². The molecular weight excluding hydrogens is 322 g/mol. The number of carbonyl (C=O) groups excluding carboxylic acids is 1. The van der Waals surface area contributed by atoms with Gasteiger partial charge in [-0.2, -0.15) is 0 Å². The molecule has 1 amide bonds. The lowest BCUT2D eigenvalue weighted by Crippen LogP contribution is -2.50. The molecule has 5 heteroatoms. The van der Waals surface area contributed by atoms with Crippen molar-refractivity contribution in [1.29, 1.82) is 0 Å². The highest BCUT2D eigenvalue weighted by atomic mass is 35.5. The first-order valence-electron chi connectivity index (χ1n) is 8.98. The normalized spacial score (nSPS) is 31.0. The van der Waals surface area contributed by atoms with Gasteiger partial charge in [-0.3, -0.25) is 9.69 Å². The van der Waals surface area contributed by atoms with Gasteiger partial charge in [0.2, 0.25) is 5.91 Å². The highest BCUT2D eigenvalue weighted by Gasteiger charge is 2.37. The van der Waals surface area contributed by atoms with Gasteiger partial charge in [0, 0.05) is 29.9 Å². The second-order valence-electron chi connectivity index (χ2n) is 7.62. The predicted molar refractivity (Wildman–Crippen MR) is 99.9 cm³/mol. The van der Waals surface area contributed by atoms with E-state index in [9.17, 15) is 4.79 Å². The number of hydrogen-bond acceptors (Lipinski definition) is 3. The molecular formula is C19H28ClN3O. The number of anilines is 1. The molecule has 2 bridgehead atoms. The van der Waals surface area contributed by atoms with E-state index in [1.54, 1.807) is 0 Å². The number of carbonyl (C=O) groups is 1. The minimum atomic E-state index is 0. The van der Waals surface area contributed by atoms with Crippen LogP contribution in [0.3, 0.4) is 0 Å². The Balaban J connectivity index is 0.00000169. The molecule has 24 heavy (non-hydrogen) atoms. The lowest BCUT2D eigenvalue weighted by atomic mass is 9.98. The number of nitrogens with zero attached hydrogens (tertiary/aromatic N) is 2. The number of fused-ring (bicyclic) bond motifs is 3. The average Bonchev–Trinajstić information content (AvgIpc) is 3.05. The topological polar surface area (TPSA) is 35.6 Å². The van der Waals surface area contributed by atoms with Crippen molar-refractivity contribution in [3.05, 3.63) is 29.8 Å². The van der Waals surface area contributed by atoms with Crippen LogP contribution in [0.5, 0.6) is 0 Å². The molecule has 3 heterocycles. The standard InChI is InChI=1S/C19H27N3O.ClH/c1-13-9-14-5-3-4-6-18(14)22(13)19(23)12-21(2)17-10-15-7-8-16(11-17)20-15;/h3-6,13,15-17,20H,7-12H2,1-2H3;1H. The SMILES string of the molecule is CC1Cc2ccccc2N1C(=O)CN(C)C1CC2CCC(C1)N2.Cl. The lowest BCUT2D eigenvalue weighted by molar-refractivity contribution is -0.120. The molecule has 4 nitrogen and oxygen atoms in total. The van der Waals surface area contributed by atoms with Crippen LogP contribution in [0.4, 0.5) is 5.69 Å². The van der Waals surface area contributed by atoms with Crippen LogP contribution in [-0.2, 0) is 11.2 Å². The number of hydrogen-bond donors (Lipinski definition) is 1. The summed E-state index contributed by atoms with van der Waals surface area (Å²) in [6, 6.07) is 10.5. The molecule has 0 saturated carbocycles. The Hall–Kier alpha value is -1.10. The minimum Gasteiger partial charge on any atom is -0.311 e. The Bertz CT molecular complexity index is 596. The van der Waals surface area contributed by atoms with Crippen LogP contribution in [0.2, 0.25) is 0 Å². The number of likely N-dealkylation sites (N-methyl/N-ethyl adjacent to an activating group) is 1. The maximum atomic E-state index is 12.9. The van der Waals surface area contributed by atoms with Crippen molar-refractivity contribution in [2.75, 3.05) is 18.5 Å². The van der Waals surface area contributed by atoms with Crippen molar-refractivity contribution >= 4 is 24.0 Å². The molecule has 0 radical (unpaired) electrons. The summed E-state index contributed by atoms with van der Waals surface area (Å²) in [6.45, 7) is 2.69. The summed E-state index contributed by atoms with van der Waals surface area (Å²) >= 11 is 0. The first kappa shape index (κ1) is 17.7. The zero-order valence-corrected chi connectivity index (χ0v) is 15.4. The van der Waals surface area contributed by atoms with Crippen molar-refractivity contribution in [2.24, 2.45) is 0 Å². The molecule has 4 rings (SSSR count). The van der Waals surface area contributed by atoms with E-state index in [-0.39, 0.29) is 24.4 Å². The van der Waals surface area contributed by atoms with Crippen LogP contribution in [-0.4, -0.2) is 48.6 Å². The predicted octanol–water partition coefficient (Wildman–Crippen LogP) is 2.60. The summed E-state index contributed by atoms with van der Waals surface area (Å²) in [5, 5.41) is 3.68. The van der Waals surface area contributed by atoms with Crippen LogP contribution in [0.25, 0.3) is 0 Å². The number of halogens is 1. The molecule has 0 spiro atoms. The molecule has 3 aliphatic heterocycles. The van der Waals surface area contributed by atoms with Gasteiger partial charge in [0.05, 0.1) is 6.54 Å². The fourth-order valence-electron chi connectivity index (χ4n) is 4.75.